The van der Waals surface area contributed by atoms with Crippen molar-refractivity contribution in [3.05, 3.63) is 11.1 Å². The van der Waals surface area contributed by atoms with Crippen LogP contribution in [0.3, 0.4) is 0 Å². The largest absolute Gasteiger partial charge is 0.0895 e. The summed E-state index contributed by atoms with van der Waals surface area (Å²) in [6.45, 7) is 6.91. The van der Waals surface area contributed by atoms with Crippen LogP contribution in [0.2, 0.25) is 0 Å². The summed E-state index contributed by atoms with van der Waals surface area (Å²) in [6, 6.07) is 0. The zero-order valence-electron chi connectivity index (χ0n) is 7.60. The predicted octanol–water partition coefficient (Wildman–Crippen LogP) is 3.81. The fraction of sp³-hybridized carbons (Fsp3) is 0.800. The molecule has 0 saturated heterocycles. The minimum absolute atomic E-state index is 0.771. The molecule has 0 radical (unpaired) electrons. The van der Waals surface area contributed by atoms with E-state index in [1.807, 2.05) is 0 Å². The van der Waals surface area contributed by atoms with Crippen molar-refractivity contribution in [2.75, 3.05) is 0 Å². The summed E-state index contributed by atoms with van der Waals surface area (Å²) in [5.74, 6) is 2.41. The van der Waals surface area contributed by atoms with Crippen LogP contribution in [0.15, 0.2) is 11.1 Å². The van der Waals surface area contributed by atoms with Gasteiger partial charge in [0.05, 0.1) is 0 Å². The Bertz CT molecular complexity index is 158. The molecule has 0 amide bonds. The number of hydrogen-bond acceptors (Lipinski definition) is 0. The monoisotopic (exact) mass is 172 g/mol. The van der Waals surface area contributed by atoms with Gasteiger partial charge in [-0.2, -0.15) is 0 Å². The van der Waals surface area contributed by atoms with E-state index >= 15 is 0 Å². The maximum Gasteiger partial charge on any atom is 0.0144 e. The van der Waals surface area contributed by atoms with Crippen LogP contribution < -0.4 is 0 Å². The van der Waals surface area contributed by atoms with E-state index in [-0.39, 0.29) is 0 Å². The molecule has 0 heterocycles. The van der Waals surface area contributed by atoms with Crippen molar-refractivity contribution in [3.63, 3.8) is 0 Å². The van der Waals surface area contributed by atoms with Crippen molar-refractivity contribution in [2.45, 2.75) is 33.6 Å². The number of allylic oxidation sites excluding steroid dienone is 2. The summed E-state index contributed by atoms with van der Waals surface area (Å²) in [7, 11) is 0. The SMILES string of the molecule is CC(C)C1CC=C(Cl)CC1C. The number of rotatable bonds is 1. The summed E-state index contributed by atoms with van der Waals surface area (Å²) in [5, 5.41) is 1.06. The second kappa shape index (κ2) is 3.62. The third-order valence-electron chi connectivity index (χ3n) is 2.72. The molecule has 1 heteroatoms. The Labute approximate surface area is 74.6 Å². The first-order valence-corrected chi connectivity index (χ1v) is 4.83. The first kappa shape index (κ1) is 9.12. The molecule has 0 aliphatic heterocycles. The van der Waals surface area contributed by atoms with E-state index in [1.165, 1.54) is 6.42 Å². The molecule has 0 nitrogen and oxygen atoms in total. The highest BCUT2D eigenvalue weighted by Gasteiger charge is 2.23. The molecular formula is C10H17Cl. The fourth-order valence-corrected chi connectivity index (χ4v) is 2.30. The molecule has 2 atom stereocenters. The van der Waals surface area contributed by atoms with Crippen LogP contribution in [-0.4, -0.2) is 0 Å². The van der Waals surface area contributed by atoms with Gasteiger partial charge in [-0.05, 0) is 30.6 Å². The Morgan fingerprint density at radius 3 is 2.64 bits per heavy atom. The highest BCUT2D eigenvalue weighted by atomic mass is 35.5. The van der Waals surface area contributed by atoms with Gasteiger partial charge in [0, 0.05) is 5.03 Å². The van der Waals surface area contributed by atoms with Crippen LogP contribution in [-0.2, 0) is 0 Å². The van der Waals surface area contributed by atoms with Crippen LogP contribution in [0, 0.1) is 17.8 Å². The van der Waals surface area contributed by atoms with Gasteiger partial charge in [0.25, 0.3) is 0 Å². The highest BCUT2D eigenvalue weighted by molar-refractivity contribution is 6.29. The van der Waals surface area contributed by atoms with Crippen molar-refractivity contribution < 1.29 is 0 Å². The minimum Gasteiger partial charge on any atom is -0.0895 e. The Kier molecular flexibility index (Phi) is 3.00. The molecule has 11 heavy (non-hydrogen) atoms. The fourth-order valence-electron chi connectivity index (χ4n) is 1.97. The maximum atomic E-state index is 5.94. The summed E-state index contributed by atoms with van der Waals surface area (Å²) in [6.07, 6.45) is 4.45. The quantitative estimate of drug-likeness (QED) is 0.564. The van der Waals surface area contributed by atoms with Gasteiger partial charge in [0.2, 0.25) is 0 Å². The summed E-state index contributed by atoms with van der Waals surface area (Å²) >= 11 is 5.94. The Hall–Kier alpha value is 0.0300. The topological polar surface area (TPSA) is 0 Å². The summed E-state index contributed by atoms with van der Waals surface area (Å²) in [5.41, 5.74) is 0. The summed E-state index contributed by atoms with van der Waals surface area (Å²) in [4.78, 5) is 0. The van der Waals surface area contributed by atoms with E-state index in [1.54, 1.807) is 0 Å². The molecule has 0 aromatic rings. The van der Waals surface area contributed by atoms with E-state index in [0.29, 0.717) is 0 Å². The Balaban J connectivity index is 2.58. The van der Waals surface area contributed by atoms with Gasteiger partial charge in [-0.15, -0.1) is 0 Å². The molecule has 0 saturated carbocycles. The van der Waals surface area contributed by atoms with Crippen LogP contribution in [0.5, 0.6) is 0 Å². The van der Waals surface area contributed by atoms with Gasteiger partial charge in [-0.1, -0.05) is 38.4 Å². The zero-order chi connectivity index (χ0) is 8.43. The van der Waals surface area contributed by atoms with Gasteiger partial charge < -0.3 is 0 Å². The highest BCUT2D eigenvalue weighted by Crippen LogP contribution is 2.35. The van der Waals surface area contributed by atoms with Crippen molar-refractivity contribution >= 4 is 11.6 Å². The van der Waals surface area contributed by atoms with Crippen LogP contribution in [0.25, 0.3) is 0 Å². The molecule has 1 aliphatic carbocycles. The smallest absolute Gasteiger partial charge is 0.0144 e. The number of halogens is 1. The molecule has 64 valence electrons. The van der Waals surface area contributed by atoms with E-state index in [4.69, 9.17) is 11.6 Å². The molecule has 1 rings (SSSR count). The van der Waals surface area contributed by atoms with Gasteiger partial charge in [-0.3, -0.25) is 0 Å². The lowest BCUT2D eigenvalue weighted by Gasteiger charge is -2.29. The molecule has 0 bridgehead atoms. The molecule has 2 unspecified atom stereocenters. The van der Waals surface area contributed by atoms with Crippen molar-refractivity contribution in [2.24, 2.45) is 17.8 Å². The van der Waals surface area contributed by atoms with Crippen LogP contribution in [0.1, 0.15) is 33.6 Å². The number of hydrogen-bond donors (Lipinski definition) is 0. The van der Waals surface area contributed by atoms with Gasteiger partial charge in [0.1, 0.15) is 0 Å². The van der Waals surface area contributed by atoms with E-state index in [9.17, 15) is 0 Å². The van der Waals surface area contributed by atoms with Crippen LogP contribution in [0.4, 0.5) is 0 Å². The molecule has 0 aromatic heterocycles. The Morgan fingerprint density at radius 1 is 1.55 bits per heavy atom. The first-order chi connectivity index (χ1) is 5.11. The molecule has 0 spiro atoms. The van der Waals surface area contributed by atoms with Gasteiger partial charge >= 0.3 is 0 Å². The Morgan fingerprint density at radius 2 is 2.18 bits per heavy atom. The van der Waals surface area contributed by atoms with E-state index in [2.05, 4.69) is 26.8 Å². The average Bonchev–Trinajstić information content (AvgIpc) is 1.85. The normalized spacial score (nSPS) is 32.3. The zero-order valence-corrected chi connectivity index (χ0v) is 8.36. The molecule has 0 aromatic carbocycles. The minimum atomic E-state index is 0.771. The van der Waals surface area contributed by atoms with Crippen LogP contribution >= 0.6 is 11.6 Å². The van der Waals surface area contributed by atoms with Crippen molar-refractivity contribution in [3.8, 4) is 0 Å². The van der Waals surface area contributed by atoms with Gasteiger partial charge in [-0.25, -0.2) is 0 Å². The second-order valence-electron chi connectivity index (χ2n) is 3.98. The first-order valence-electron chi connectivity index (χ1n) is 4.45. The standard InChI is InChI=1S/C10H17Cl/c1-7(2)10-5-4-9(11)6-8(10)3/h4,7-8,10H,5-6H2,1-3H3. The lowest BCUT2D eigenvalue weighted by atomic mass is 9.77. The van der Waals surface area contributed by atoms with Gasteiger partial charge in [0.15, 0.2) is 0 Å². The second-order valence-corrected chi connectivity index (χ2v) is 4.46. The van der Waals surface area contributed by atoms with Crippen molar-refractivity contribution in [1.29, 1.82) is 0 Å². The lowest BCUT2D eigenvalue weighted by Crippen LogP contribution is -2.20. The average molecular weight is 173 g/mol. The molecule has 1 aliphatic rings. The third-order valence-corrected chi connectivity index (χ3v) is 3.02. The predicted molar refractivity (Wildman–Crippen MR) is 50.7 cm³/mol. The third kappa shape index (κ3) is 2.23. The van der Waals surface area contributed by atoms with E-state index < -0.39 is 0 Å². The molecule has 0 fully saturated rings. The summed E-state index contributed by atoms with van der Waals surface area (Å²) < 4.78 is 0. The van der Waals surface area contributed by atoms with Crippen molar-refractivity contribution in [1.82, 2.24) is 0 Å². The molecule has 0 N–H and O–H groups in total. The lowest BCUT2D eigenvalue weighted by molar-refractivity contribution is 0.262. The molecular weight excluding hydrogens is 156 g/mol. The maximum absolute atomic E-state index is 5.94. The van der Waals surface area contributed by atoms with E-state index in [0.717, 1.165) is 29.2 Å².